The summed E-state index contributed by atoms with van der Waals surface area (Å²) in [7, 11) is 0. The van der Waals surface area contributed by atoms with Crippen molar-refractivity contribution in [2.24, 2.45) is 0 Å². The Balaban J connectivity index is 1.93. The van der Waals surface area contributed by atoms with Crippen LogP contribution in [0.2, 0.25) is 0 Å². The summed E-state index contributed by atoms with van der Waals surface area (Å²) in [6.07, 6.45) is -6.61. The Bertz CT molecular complexity index is 751. The summed E-state index contributed by atoms with van der Waals surface area (Å²) in [4.78, 5) is 23.8. The van der Waals surface area contributed by atoms with Crippen molar-refractivity contribution in [3.05, 3.63) is 71.8 Å². The molecule has 2 aromatic carbocycles. The fraction of sp³-hybridized carbons (Fsp3) is 0.300. The van der Waals surface area contributed by atoms with Crippen molar-refractivity contribution >= 4 is 11.9 Å². The Morgan fingerprint density at radius 1 is 0.964 bits per heavy atom. The zero-order valence-corrected chi connectivity index (χ0v) is 14.9. The van der Waals surface area contributed by atoms with Crippen molar-refractivity contribution in [3.63, 3.8) is 0 Å². The zero-order valence-electron chi connectivity index (χ0n) is 14.9. The SMILES string of the molecule is O=C(NCC(CC(=O)c1ccccc1)OCc1ccccc1)OCC(F)(F)F. The lowest BCUT2D eigenvalue weighted by molar-refractivity contribution is -0.160. The van der Waals surface area contributed by atoms with Crippen molar-refractivity contribution in [2.75, 3.05) is 13.2 Å². The average Bonchev–Trinajstić information content (AvgIpc) is 2.69. The van der Waals surface area contributed by atoms with Crippen LogP contribution in [-0.4, -0.2) is 37.3 Å². The molecule has 0 bridgehead atoms. The number of rotatable bonds is 9. The molecule has 0 aliphatic rings. The van der Waals surface area contributed by atoms with Gasteiger partial charge in [-0.3, -0.25) is 4.79 Å². The predicted octanol–water partition coefficient (Wildman–Crippen LogP) is 4.13. The lowest BCUT2D eigenvalue weighted by atomic mass is 10.1. The minimum absolute atomic E-state index is 0.0452. The maximum absolute atomic E-state index is 12.4. The van der Waals surface area contributed by atoms with Gasteiger partial charge in [-0.2, -0.15) is 13.2 Å². The number of ketones is 1. The number of carbonyl (C=O) groups is 2. The first-order valence-corrected chi connectivity index (χ1v) is 8.54. The van der Waals surface area contributed by atoms with Crippen molar-refractivity contribution in [1.29, 1.82) is 0 Å². The number of Topliss-reactive ketones (excluding diaryl/α,β-unsaturated/α-hetero) is 1. The highest BCUT2D eigenvalue weighted by molar-refractivity contribution is 5.96. The first-order chi connectivity index (χ1) is 13.3. The summed E-state index contributed by atoms with van der Waals surface area (Å²) in [5.74, 6) is -0.205. The van der Waals surface area contributed by atoms with Gasteiger partial charge < -0.3 is 14.8 Å². The minimum Gasteiger partial charge on any atom is -0.440 e. The van der Waals surface area contributed by atoms with E-state index in [-0.39, 0.29) is 25.4 Å². The highest BCUT2D eigenvalue weighted by Crippen LogP contribution is 2.14. The monoisotopic (exact) mass is 395 g/mol. The Labute approximate surface area is 160 Å². The molecule has 2 rings (SSSR count). The van der Waals surface area contributed by atoms with Crippen molar-refractivity contribution in [3.8, 4) is 0 Å². The molecule has 0 aromatic heterocycles. The number of hydrogen-bond donors (Lipinski definition) is 1. The third kappa shape index (κ3) is 8.22. The van der Waals surface area contributed by atoms with E-state index in [0.717, 1.165) is 5.56 Å². The van der Waals surface area contributed by atoms with E-state index in [1.54, 1.807) is 30.3 Å². The van der Waals surface area contributed by atoms with Gasteiger partial charge in [0.1, 0.15) is 0 Å². The number of benzene rings is 2. The maximum atomic E-state index is 12.4. The van der Waals surface area contributed by atoms with Gasteiger partial charge in [-0.05, 0) is 5.56 Å². The number of alkyl halides is 3. The van der Waals surface area contributed by atoms with Crippen LogP contribution in [0.4, 0.5) is 18.0 Å². The average molecular weight is 395 g/mol. The number of ether oxygens (including phenoxy) is 2. The van der Waals surface area contributed by atoms with Crippen molar-refractivity contribution in [1.82, 2.24) is 5.32 Å². The van der Waals surface area contributed by atoms with Crippen molar-refractivity contribution in [2.45, 2.75) is 25.3 Å². The lowest BCUT2D eigenvalue weighted by Gasteiger charge is -2.18. The van der Waals surface area contributed by atoms with Crippen molar-refractivity contribution < 1.29 is 32.2 Å². The molecule has 0 saturated heterocycles. The Morgan fingerprint density at radius 3 is 2.18 bits per heavy atom. The van der Waals surface area contributed by atoms with Gasteiger partial charge in [-0.15, -0.1) is 0 Å². The lowest BCUT2D eigenvalue weighted by Crippen LogP contribution is -2.36. The maximum Gasteiger partial charge on any atom is 0.422 e. The van der Waals surface area contributed by atoms with E-state index in [4.69, 9.17) is 4.74 Å². The molecule has 2 aromatic rings. The molecule has 0 aliphatic heterocycles. The fourth-order valence-electron chi connectivity index (χ4n) is 2.32. The zero-order chi connectivity index (χ0) is 20.4. The smallest absolute Gasteiger partial charge is 0.422 e. The third-order valence-corrected chi connectivity index (χ3v) is 3.68. The summed E-state index contributed by atoms with van der Waals surface area (Å²) >= 11 is 0. The molecule has 28 heavy (non-hydrogen) atoms. The molecule has 0 saturated carbocycles. The standard InChI is InChI=1S/C20H20F3NO4/c21-20(22,23)14-28-19(26)24-12-17(27-13-15-7-3-1-4-8-15)11-18(25)16-9-5-2-6-10-16/h1-10,17H,11-14H2,(H,24,26). The van der Waals surface area contributed by atoms with E-state index >= 15 is 0 Å². The van der Waals surface area contributed by atoms with E-state index < -0.39 is 25.0 Å². The second-order valence-electron chi connectivity index (χ2n) is 5.98. The van der Waals surface area contributed by atoms with E-state index in [0.29, 0.717) is 5.56 Å². The first kappa shape index (κ1) is 21.4. The van der Waals surface area contributed by atoms with Crippen LogP contribution in [0, 0.1) is 0 Å². The van der Waals surface area contributed by atoms with Gasteiger partial charge in [0.2, 0.25) is 0 Å². The van der Waals surface area contributed by atoms with Gasteiger partial charge in [0.15, 0.2) is 12.4 Å². The number of alkyl carbamates (subject to hydrolysis) is 1. The summed E-state index contributed by atoms with van der Waals surface area (Å²) in [6.45, 7) is -1.66. The van der Waals surface area contributed by atoms with Gasteiger partial charge in [0.25, 0.3) is 0 Å². The molecule has 0 aliphatic carbocycles. The Hall–Kier alpha value is -2.87. The molecule has 0 radical (unpaired) electrons. The second-order valence-corrected chi connectivity index (χ2v) is 5.98. The van der Waals surface area contributed by atoms with E-state index in [1.165, 1.54) is 0 Å². The highest BCUT2D eigenvalue weighted by atomic mass is 19.4. The van der Waals surface area contributed by atoms with Crippen LogP contribution in [0.5, 0.6) is 0 Å². The summed E-state index contributed by atoms with van der Waals surface area (Å²) in [5.41, 5.74) is 1.34. The largest absolute Gasteiger partial charge is 0.440 e. The van der Waals surface area contributed by atoms with Crippen LogP contribution < -0.4 is 5.32 Å². The van der Waals surface area contributed by atoms with Crippen LogP contribution in [0.15, 0.2) is 60.7 Å². The van der Waals surface area contributed by atoms with Gasteiger partial charge in [0, 0.05) is 18.5 Å². The highest BCUT2D eigenvalue weighted by Gasteiger charge is 2.29. The van der Waals surface area contributed by atoms with Gasteiger partial charge in [0.05, 0.1) is 12.7 Å². The second kappa shape index (κ2) is 10.5. The number of amides is 1. The molecule has 0 spiro atoms. The van der Waals surface area contributed by atoms with Crippen LogP contribution in [-0.2, 0) is 16.1 Å². The van der Waals surface area contributed by atoms with Gasteiger partial charge in [-0.25, -0.2) is 4.79 Å². The molecule has 150 valence electrons. The molecular formula is C20H20F3NO4. The molecule has 0 heterocycles. The quantitative estimate of drug-likeness (QED) is 0.649. The summed E-state index contributed by atoms with van der Waals surface area (Å²) in [5, 5.41) is 2.21. The van der Waals surface area contributed by atoms with Crippen LogP contribution in [0.1, 0.15) is 22.3 Å². The molecular weight excluding hydrogens is 375 g/mol. The summed E-state index contributed by atoms with van der Waals surface area (Å²) in [6, 6.07) is 17.7. The topological polar surface area (TPSA) is 64.6 Å². The predicted molar refractivity (Wildman–Crippen MR) is 95.8 cm³/mol. The molecule has 1 unspecified atom stereocenters. The van der Waals surface area contributed by atoms with E-state index in [1.807, 2.05) is 30.3 Å². The fourth-order valence-corrected chi connectivity index (χ4v) is 2.32. The number of halogens is 3. The van der Waals surface area contributed by atoms with Crippen LogP contribution in [0.25, 0.3) is 0 Å². The minimum atomic E-state index is -4.61. The van der Waals surface area contributed by atoms with Gasteiger partial charge >= 0.3 is 12.3 Å². The molecule has 1 N–H and O–H groups in total. The Morgan fingerprint density at radius 2 is 1.57 bits per heavy atom. The van der Waals surface area contributed by atoms with E-state index in [9.17, 15) is 22.8 Å². The van der Waals surface area contributed by atoms with E-state index in [2.05, 4.69) is 10.1 Å². The number of carbonyl (C=O) groups excluding carboxylic acids is 2. The van der Waals surface area contributed by atoms with Crippen LogP contribution in [0.3, 0.4) is 0 Å². The third-order valence-electron chi connectivity index (χ3n) is 3.68. The van der Waals surface area contributed by atoms with Gasteiger partial charge in [-0.1, -0.05) is 60.7 Å². The summed E-state index contributed by atoms with van der Waals surface area (Å²) < 4.78 is 46.1. The molecule has 1 amide bonds. The molecule has 8 heteroatoms. The number of hydrogen-bond acceptors (Lipinski definition) is 4. The molecule has 0 fully saturated rings. The molecule has 1 atom stereocenters. The number of nitrogens with one attached hydrogen (secondary N) is 1. The first-order valence-electron chi connectivity index (χ1n) is 8.54. The normalized spacial score (nSPS) is 12.2. The Kier molecular flexibility index (Phi) is 8.01. The molecule has 5 nitrogen and oxygen atoms in total. The van der Waals surface area contributed by atoms with Crippen LogP contribution >= 0.6 is 0 Å².